The van der Waals surface area contributed by atoms with E-state index in [2.05, 4.69) is 25.8 Å². The van der Waals surface area contributed by atoms with Crippen LogP contribution < -0.4 is 10.6 Å². The van der Waals surface area contributed by atoms with Crippen LogP contribution in [-0.2, 0) is 12.7 Å². The highest BCUT2D eigenvalue weighted by atomic mass is 35.5. The van der Waals surface area contributed by atoms with Crippen LogP contribution in [0.25, 0.3) is 0 Å². The summed E-state index contributed by atoms with van der Waals surface area (Å²) in [4.78, 5) is 4.18. The maximum atomic E-state index is 12.8. The Bertz CT molecular complexity index is 887. The lowest BCUT2D eigenvalue weighted by molar-refractivity contribution is -0.137. The van der Waals surface area contributed by atoms with Crippen molar-refractivity contribution in [1.29, 1.82) is 0 Å². The van der Waals surface area contributed by atoms with Crippen LogP contribution in [0, 0.1) is 0 Å². The van der Waals surface area contributed by atoms with E-state index in [-0.39, 0.29) is 16.7 Å². The molecular weight excluding hydrogens is 367 g/mol. The Hall–Kier alpha value is -2.87. The summed E-state index contributed by atoms with van der Waals surface area (Å²) in [6.45, 7) is 0.517. The Labute approximate surface area is 152 Å². The third-order valence-electron chi connectivity index (χ3n) is 3.42. The Balaban J connectivity index is 1.75. The highest BCUT2D eigenvalue weighted by Gasteiger charge is 2.31. The summed E-state index contributed by atoms with van der Waals surface area (Å²) in [5.74, 6) is 0.457. The van der Waals surface area contributed by atoms with Gasteiger partial charge in [-0.25, -0.2) is 0 Å². The van der Waals surface area contributed by atoms with Gasteiger partial charge < -0.3 is 10.6 Å². The quantitative estimate of drug-likeness (QED) is 0.660. The molecule has 26 heavy (non-hydrogen) atoms. The lowest BCUT2D eigenvalue weighted by Gasteiger charge is -2.12. The summed E-state index contributed by atoms with van der Waals surface area (Å²) >= 11 is 5.96. The van der Waals surface area contributed by atoms with E-state index in [0.717, 1.165) is 23.8 Å². The van der Waals surface area contributed by atoms with Crippen LogP contribution in [0.4, 0.5) is 30.6 Å². The standard InChI is InChI=1S/C17H13ClF3N5/c18-13-7-6-12(17(19,20)21)8-14(13)24-16-25-15(10-23-26-16)22-9-11-4-2-1-3-5-11/h1-8,10H,9H2,(H2,22,24,25,26). The largest absolute Gasteiger partial charge is 0.416 e. The summed E-state index contributed by atoms with van der Waals surface area (Å²) in [5, 5.41) is 13.4. The van der Waals surface area contributed by atoms with Gasteiger partial charge in [0.25, 0.3) is 0 Å². The molecule has 3 aromatic rings. The zero-order chi connectivity index (χ0) is 18.6. The number of nitrogens with zero attached hydrogens (tertiary/aromatic N) is 3. The molecule has 0 amide bonds. The molecule has 1 heterocycles. The van der Waals surface area contributed by atoms with E-state index in [1.807, 2.05) is 30.3 Å². The molecular formula is C17H13ClF3N5. The Kier molecular flexibility index (Phi) is 5.22. The van der Waals surface area contributed by atoms with Crippen molar-refractivity contribution in [2.45, 2.75) is 12.7 Å². The molecule has 0 aliphatic carbocycles. The third-order valence-corrected chi connectivity index (χ3v) is 3.75. The molecule has 3 rings (SSSR count). The number of halogens is 4. The number of alkyl halides is 3. The van der Waals surface area contributed by atoms with Crippen molar-refractivity contribution in [3.63, 3.8) is 0 Å². The monoisotopic (exact) mass is 379 g/mol. The van der Waals surface area contributed by atoms with Crippen molar-refractivity contribution in [2.75, 3.05) is 10.6 Å². The molecule has 0 aliphatic heterocycles. The van der Waals surface area contributed by atoms with Crippen LogP contribution in [0.2, 0.25) is 5.02 Å². The highest BCUT2D eigenvalue weighted by molar-refractivity contribution is 6.33. The third kappa shape index (κ3) is 4.60. The molecule has 1 aromatic heterocycles. The minimum Gasteiger partial charge on any atom is -0.365 e. The SMILES string of the molecule is FC(F)(F)c1ccc(Cl)c(Nc2nncc(NCc3ccccc3)n2)c1. The van der Waals surface area contributed by atoms with E-state index >= 15 is 0 Å². The average molecular weight is 380 g/mol. The molecule has 0 bridgehead atoms. The van der Waals surface area contributed by atoms with Crippen LogP contribution in [-0.4, -0.2) is 15.2 Å². The van der Waals surface area contributed by atoms with Gasteiger partial charge in [0.2, 0.25) is 5.95 Å². The van der Waals surface area contributed by atoms with Crippen LogP contribution >= 0.6 is 11.6 Å². The molecule has 0 spiro atoms. The lowest BCUT2D eigenvalue weighted by Crippen LogP contribution is -2.08. The number of hydrogen-bond acceptors (Lipinski definition) is 5. The molecule has 2 N–H and O–H groups in total. The van der Waals surface area contributed by atoms with Gasteiger partial charge >= 0.3 is 6.18 Å². The van der Waals surface area contributed by atoms with Gasteiger partial charge in [0.15, 0.2) is 5.82 Å². The molecule has 0 saturated carbocycles. The van der Waals surface area contributed by atoms with Gasteiger partial charge in [0.05, 0.1) is 22.5 Å². The minimum absolute atomic E-state index is 0.0317. The molecule has 0 unspecified atom stereocenters. The molecule has 5 nitrogen and oxygen atoms in total. The van der Waals surface area contributed by atoms with E-state index in [4.69, 9.17) is 11.6 Å². The molecule has 0 fully saturated rings. The summed E-state index contributed by atoms with van der Waals surface area (Å²) < 4.78 is 38.5. The normalized spacial score (nSPS) is 11.2. The molecule has 0 saturated heterocycles. The van der Waals surface area contributed by atoms with Gasteiger partial charge in [-0.3, -0.25) is 0 Å². The van der Waals surface area contributed by atoms with Crippen LogP contribution in [0.1, 0.15) is 11.1 Å². The molecule has 0 radical (unpaired) electrons. The summed E-state index contributed by atoms with van der Waals surface area (Å²) in [6.07, 6.45) is -3.05. The van der Waals surface area contributed by atoms with Crippen molar-refractivity contribution in [2.24, 2.45) is 0 Å². The first-order valence-corrected chi connectivity index (χ1v) is 7.91. The number of anilines is 3. The summed E-state index contributed by atoms with van der Waals surface area (Å²) in [5.41, 5.74) is 0.265. The number of aromatic nitrogens is 3. The molecule has 0 atom stereocenters. The van der Waals surface area contributed by atoms with Gasteiger partial charge in [-0.15, -0.1) is 5.10 Å². The first-order valence-electron chi connectivity index (χ1n) is 7.53. The van der Waals surface area contributed by atoms with Gasteiger partial charge in [-0.05, 0) is 23.8 Å². The average Bonchev–Trinajstić information content (AvgIpc) is 2.62. The molecule has 0 aliphatic rings. The van der Waals surface area contributed by atoms with E-state index in [0.29, 0.717) is 12.4 Å². The second-order valence-electron chi connectivity index (χ2n) is 5.32. The smallest absolute Gasteiger partial charge is 0.365 e. The van der Waals surface area contributed by atoms with Gasteiger partial charge in [-0.1, -0.05) is 41.9 Å². The maximum Gasteiger partial charge on any atom is 0.416 e. The Morgan fingerprint density at radius 2 is 1.81 bits per heavy atom. The van der Waals surface area contributed by atoms with Crippen molar-refractivity contribution < 1.29 is 13.2 Å². The Morgan fingerprint density at radius 3 is 2.54 bits per heavy atom. The summed E-state index contributed by atoms with van der Waals surface area (Å²) in [7, 11) is 0. The second-order valence-corrected chi connectivity index (χ2v) is 5.73. The zero-order valence-corrected chi connectivity index (χ0v) is 14.0. The van der Waals surface area contributed by atoms with Crippen LogP contribution in [0.5, 0.6) is 0 Å². The zero-order valence-electron chi connectivity index (χ0n) is 13.3. The number of rotatable bonds is 5. The molecule has 134 valence electrons. The Morgan fingerprint density at radius 1 is 1.04 bits per heavy atom. The van der Waals surface area contributed by atoms with E-state index in [1.54, 1.807) is 0 Å². The lowest BCUT2D eigenvalue weighted by atomic mass is 10.2. The molecule has 9 heteroatoms. The predicted octanol–water partition coefficient (Wildman–Crippen LogP) is 4.90. The summed E-state index contributed by atoms with van der Waals surface area (Å²) in [6, 6.07) is 12.6. The van der Waals surface area contributed by atoms with Crippen molar-refractivity contribution in [3.8, 4) is 0 Å². The van der Waals surface area contributed by atoms with Gasteiger partial charge in [0, 0.05) is 6.54 Å². The number of benzene rings is 2. The van der Waals surface area contributed by atoms with E-state index in [1.165, 1.54) is 6.20 Å². The van der Waals surface area contributed by atoms with E-state index in [9.17, 15) is 13.2 Å². The molecule has 2 aromatic carbocycles. The fourth-order valence-corrected chi connectivity index (χ4v) is 2.31. The second kappa shape index (κ2) is 7.57. The van der Waals surface area contributed by atoms with Crippen LogP contribution in [0.15, 0.2) is 54.7 Å². The van der Waals surface area contributed by atoms with Crippen LogP contribution in [0.3, 0.4) is 0 Å². The predicted molar refractivity (Wildman–Crippen MR) is 93.3 cm³/mol. The number of nitrogens with one attached hydrogen (secondary N) is 2. The van der Waals surface area contributed by atoms with Crippen molar-refractivity contribution in [3.05, 3.63) is 70.9 Å². The minimum atomic E-state index is -4.47. The highest BCUT2D eigenvalue weighted by Crippen LogP contribution is 2.34. The van der Waals surface area contributed by atoms with E-state index < -0.39 is 11.7 Å². The van der Waals surface area contributed by atoms with Gasteiger partial charge in [-0.2, -0.15) is 23.3 Å². The van der Waals surface area contributed by atoms with Crippen molar-refractivity contribution >= 4 is 29.1 Å². The van der Waals surface area contributed by atoms with Gasteiger partial charge in [0.1, 0.15) is 0 Å². The first kappa shape index (κ1) is 17.9. The fourth-order valence-electron chi connectivity index (χ4n) is 2.15. The fraction of sp³-hybridized carbons (Fsp3) is 0.118. The first-order chi connectivity index (χ1) is 12.4. The van der Waals surface area contributed by atoms with Crippen molar-refractivity contribution in [1.82, 2.24) is 15.2 Å². The topological polar surface area (TPSA) is 62.7 Å². The maximum absolute atomic E-state index is 12.8. The number of hydrogen-bond donors (Lipinski definition) is 2.